The van der Waals surface area contributed by atoms with Crippen molar-refractivity contribution in [2.75, 3.05) is 13.1 Å². The zero-order chi connectivity index (χ0) is 15.1. The average molecular weight is 324 g/mol. The molecule has 2 rings (SSSR count). The smallest absolute Gasteiger partial charge is 0.250 e. The number of sulfonamides is 1. The van der Waals surface area contributed by atoms with Gasteiger partial charge in [0.15, 0.2) is 0 Å². The second-order valence-electron chi connectivity index (χ2n) is 4.75. The zero-order valence-electron chi connectivity index (χ0n) is 11.8. The van der Waals surface area contributed by atoms with Gasteiger partial charge in [0.05, 0.1) is 0 Å². The molecule has 0 spiro atoms. The number of benzene rings is 1. The number of nitrogens with one attached hydrogen (secondary N) is 1. The molecule has 6 heteroatoms. The Bertz CT molecular complexity index is 651. The molecule has 1 heterocycles. The first-order chi connectivity index (χ1) is 10.1. The molecule has 1 aromatic carbocycles. The Labute approximate surface area is 130 Å². The molecule has 0 atom stereocenters. The van der Waals surface area contributed by atoms with Crippen LogP contribution in [0, 0.1) is 0 Å². The van der Waals surface area contributed by atoms with E-state index in [1.54, 1.807) is 6.07 Å². The normalized spacial score (nSPS) is 11.7. The zero-order valence-corrected chi connectivity index (χ0v) is 13.4. The van der Waals surface area contributed by atoms with Gasteiger partial charge in [-0.15, -0.1) is 11.3 Å². The number of aryl methyl sites for hydroxylation is 1. The second kappa shape index (κ2) is 7.70. The van der Waals surface area contributed by atoms with Crippen LogP contribution in [0.4, 0.5) is 0 Å². The topological polar surface area (TPSA) is 72.2 Å². The summed E-state index contributed by atoms with van der Waals surface area (Å²) in [5.41, 5.74) is 6.69. The standard InChI is InChI=1S/C15H20N2O2S2/c16-11-10-14-8-9-15(20-14)21(18,19)17-12-4-7-13-5-2-1-3-6-13/h1-3,5-6,8-9,17H,4,7,10-12,16H2. The summed E-state index contributed by atoms with van der Waals surface area (Å²) in [6.07, 6.45) is 2.37. The minimum Gasteiger partial charge on any atom is -0.330 e. The molecule has 0 saturated carbocycles. The fraction of sp³-hybridized carbons (Fsp3) is 0.333. The molecule has 4 nitrogen and oxygen atoms in total. The lowest BCUT2D eigenvalue weighted by Crippen LogP contribution is -2.24. The highest BCUT2D eigenvalue weighted by Crippen LogP contribution is 2.21. The quantitative estimate of drug-likeness (QED) is 0.731. The predicted octanol–water partition coefficient (Wildman–Crippen LogP) is 2.16. The molecule has 0 unspecified atom stereocenters. The van der Waals surface area contributed by atoms with Gasteiger partial charge < -0.3 is 5.73 Å². The van der Waals surface area contributed by atoms with Gasteiger partial charge in [0.2, 0.25) is 10.0 Å². The van der Waals surface area contributed by atoms with Crippen molar-refractivity contribution in [3.05, 3.63) is 52.9 Å². The first-order valence-corrected chi connectivity index (χ1v) is 9.24. The van der Waals surface area contributed by atoms with E-state index in [0.29, 0.717) is 23.7 Å². The summed E-state index contributed by atoms with van der Waals surface area (Å²) < 4.78 is 27.3. The molecule has 3 N–H and O–H groups in total. The van der Waals surface area contributed by atoms with Crippen LogP contribution < -0.4 is 10.5 Å². The van der Waals surface area contributed by atoms with Crippen LogP contribution in [0.25, 0.3) is 0 Å². The summed E-state index contributed by atoms with van der Waals surface area (Å²) in [5, 5.41) is 0. The molecule has 0 aliphatic carbocycles. The van der Waals surface area contributed by atoms with Gasteiger partial charge in [-0.3, -0.25) is 0 Å². The Morgan fingerprint density at radius 3 is 2.52 bits per heavy atom. The van der Waals surface area contributed by atoms with Crippen LogP contribution in [0.3, 0.4) is 0 Å². The van der Waals surface area contributed by atoms with Crippen LogP contribution in [-0.4, -0.2) is 21.5 Å². The van der Waals surface area contributed by atoms with Crippen molar-refractivity contribution in [3.63, 3.8) is 0 Å². The maximum atomic E-state index is 12.1. The number of hydrogen-bond donors (Lipinski definition) is 2. The van der Waals surface area contributed by atoms with E-state index in [2.05, 4.69) is 4.72 Å². The Balaban J connectivity index is 1.83. The molecule has 1 aromatic heterocycles. The number of nitrogens with two attached hydrogens (primary N) is 1. The highest BCUT2D eigenvalue weighted by atomic mass is 32.2. The van der Waals surface area contributed by atoms with E-state index < -0.39 is 10.0 Å². The highest BCUT2D eigenvalue weighted by Gasteiger charge is 2.15. The van der Waals surface area contributed by atoms with E-state index in [4.69, 9.17) is 5.73 Å². The summed E-state index contributed by atoms with van der Waals surface area (Å²) in [7, 11) is -3.38. The highest BCUT2D eigenvalue weighted by molar-refractivity contribution is 7.91. The van der Waals surface area contributed by atoms with Gasteiger partial charge in [0.25, 0.3) is 0 Å². The maximum absolute atomic E-state index is 12.1. The minimum absolute atomic E-state index is 0.366. The lowest BCUT2D eigenvalue weighted by molar-refractivity contribution is 0.581. The molecule has 0 radical (unpaired) electrons. The molecule has 0 aliphatic heterocycles. The van der Waals surface area contributed by atoms with Crippen molar-refractivity contribution < 1.29 is 8.42 Å². The van der Waals surface area contributed by atoms with Gasteiger partial charge in [-0.2, -0.15) is 0 Å². The van der Waals surface area contributed by atoms with Gasteiger partial charge in [-0.25, -0.2) is 13.1 Å². The van der Waals surface area contributed by atoms with E-state index in [1.807, 2.05) is 36.4 Å². The Morgan fingerprint density at radius 2 is 1.81 bits per heavy atom. The molecule has 2 aromatic rings. The number of hydrogen-bond acceptors (Lipinski definition) is 4. The molecular weight excluding hydrogens is 304 g/mol. The van der Waals surface area contributed by atoms with E-state index in [1.165, 1.54) is 16.9 Å². The molecular formula is C15H20N2O2S2. The molecule has 21 heavy (non-hydrogen) atoms. The van der Waals surface area contributed by atoms with Gasteiger partial charge in [0, 0.05) is 11.4 Å². The van der Waals surface area contributed by atoms with Crippen LogP contribution in [-0.2, 0) is 22.9 Å². The summed E-state index contributed by atoms with van der Waals surface area (Å²) in [6.45, 7) is 0.978. The van der Waals surface area contributed by atoms with Gasteiger partial charge in [-0.1, -0.05) is 30.3 Å². The fourth-order valence-corrected chi connectivity index (χ4v) is 4.48. The first kappa shape index (κ1) is 16.2. The summed E-state index contributed by atoms with van der Waals surface area (Å²) >= 11 is 1.29. The van der Waals surface area contributed by atoms with Crippen LogP contribution in [0.1, 0.15) is 16.9 Å². The SMILES string of the molecule is NCCc1ccc(S(=O)(=O)NCCCc2ccccc2)s1. The van der Waals surface area contributed by atoms with E-state index in [-0.39, 0.29) is 0 Å². The molecule has 114 valence electrons. The third-order valence-corrected chi connectivity index (χ3v) is 6.17. The summed E-state index contributed by atoms with van der Waals surface area (Å²) in [5.74, 6) is 0. The van der Waals surface area contributed by atoms with Crippen LogP contribution >= 0.6 is 11.3 Å². The van der Waals surface area contributed by atoms with Gasteiger partial charge in [-0.05, 0) is 43.5 Å². The number of rotatable bonds is 8. The van der Waals surface area contributed by atoms with Crippen molar-refractivity contribution in [3.8, 4) is 0 Å². The monoisotopic (exact) mass is 324 g/mol. The Kier molecular flexibility index (Phi) is 5.93. The predicted molar refractivity (Wildman–Crippen MR) is 87.0 cm³/mol. The van der Waals surface area contributed by atoms with Crippen LogP contribution in [0.2, 0.25) is 0 Å². The number of thiophene rings is 1. The van der Waals surface area contributed by atoms with Crippen LogP contribution in [0.15, 0.2) is 46.7 Å². The molecule has 0 amide bonds. The molecule has 0 aliphatic rings. The van der Waals surface area contributed by atoms with Crippen LogP contribution in [0.5, 0.6) is 0 Å². The van der Waals surface area contributed by atoms with E-state index in [9.17, 15) is 8.42 Å². The van der Waals surface area contributed by atoms with E-state index in [0.717, 1.165) is 17.7 Å². The lowest BCUT2D eigenvalue weighted by Gasteiger charge is -2.05. The van der Waals surface area contributed by atoms with Crippen molar-refractivity contribution >= 4 is 21.4 Å². The first-order valence-electron chi connectivity index (χ1n) is 6.94. The maximum Gasteiger partial charge on any atom is 0.250 e. The third-order valence-electron chi connectivity index (χ3n) is 3.07. The van der Waals surface area contributed by atoms with Crippen molar-refractivity contribution in [1.82, 2.24) is 4.72 Å². The van der Waals surface area contributed by atoms with Crippen molar-refractivity contribution in [1.29, 1.82) is 0 Å². The second-order valence-corrected chi connectivity index (χ2v) is 7.91. The molecule has 0 bridgehead atoms. The summed E-state index contributed by atoms with van der Waals surface area (Å²) in [4.78, 5) is 1.00. The molecule has 0 saturated heterocycles. The van der Waals surface area contributed by atoms with E-state index >= 15 is 0 Å². The Hall–Kier alpha value is -1.21. The average Bonchev–Trinajstić information content (AvgIpc) is 2.95. The Morgan fingerprint density at radius 1 is 1.05 bits per heavy atom. The van der Waals surface area contributed by atoms with Gasteiger partial charge in [0.1, 0.15) is 4.21 Å². The largest absolute Gasteiger partial charge is 0.330 e. The van der Waals surface area contributed by atoms with Crippen molar-refractivity contribution in [2.45, 2.75) is 23.5 Å². The summed E-state index contributed by atoms with van der Waals surface area (Å²) in [6, 6.07) is 13.5. The van der Waals surface area contributed by atoms with Crippen molar-refractivity contribution in [2.24, 2.45) is 5.73 Å². The fourth-order valence-electron chi connectivity index (χ4n) is 1.99. The third kappa shape index (κ3) is 4.93. The van der Waals surface area contributed by atoms with Gasteiger partial charge >= 0.3 is 0 Å². The molecule has 0 fully saturated rings. The lowest BCUT2D eigenvalue weighted by atomic mass is 10.1. The minimum atomic E-state index is -3.38.